The maximum absolute atomic E-state index is 5.50. The Morgan fingerprint density at radius 1 is 1.29 bits per heavy atom. The maximum atomic E-state index is 5.50. The molecule has 1 aromatic heterocycles. The van der Waals surface area contributed by atoms with Crippen LogP contribution >= 0.6 is 0 Å². The lowest BCUT2D eigenvalue weighted by Gasteiger charge is -2.18. The molecule has 0 amide bonds. The number of hydrogen-bond donors (Lipinski definition) is 2. The van der Waals surface area contributed by atoms with E-state index in [9.17, 15) is 0 Å². The predicted molar refractivity (Wildman–Crippen MR) is 56.8 cm³/mol. The summed E-state index contributed by atoms with van der Waals surface area (Å²) in [6, 6.07) is 0.462. The second-order valence-electron chi connectivity index (χ2n) is 3.47. The second kappa shape index (κ2) is 4.09. The fraction of sp³-hybridized carbons (Fsp3) is 0.400. The van der Waals surface area contributed by atoms with E-state index in [-0.39, 0.29) is 0 Å². The fourth-order valence-electron chi connectivity index (χ4n) is 1.52. The molecule has 0 spiro atoms. The van der Waals surface area contributed by atoms with Gasteiger partial charge in [0.15, 0.2) is 0 Å². The van der Waals surface area contributed by atoms with Crippen molar-refractivity contribution in [3.8, 4) is 0 Å². The molecule has 14 heavy (non-hydrogen) atoms. The first-order chi connectivity index (χ1) is 6.84. The maximum Gasteiger partial charge on any atom is 0.222 e. The summed E-state index contributed by atoms with van der Waals surface area (Å²) in [5, 5.41) is 3.28. The van der Waals surface area contributed by atoms with Gasteiger partial charge in [-0.1, -0.05) is 12.2 Å². The number of nitrogens with one attached hydrogen (secondary N) is 1. The summed E-state index contributed by atoms with van der Waals surface area (Å²) in [5.74, 6) is 0.666. The number of aromatic nitrogens is 2. The van der Waals surface area contributed by atoms with Crippen molar-refractivity contribution in [3.63, 3.8) is 0 Å². The van der Waals surface area contributed by atoms with Gasteiger partial charge >= 0.3 is 0 Å². The van der Waals surface area contributed by atoms with Crippen molar-refractivity contribution in [1.29, 1.82) is 0 Å². The van der Waals surface area contributed by atoms with E-state index in [4.69, 9.17) is 5.73 Å². The summed E-state index contributed by atoms with van der Waals surface area (Å²) in [5.41, 5.74) is 6.09. The number of nitrogens with two attached hydrogens (primary N) is 1. The number of anilines is 2. The third kappa shape index (κ3) is 2.22. The molecule has 3 N–H and O–H groups in total. The third-order valence-electron chi connectivity index (χ3n) is 2.27. The third-order valence-corrected chi connectivity index (χ3v) is 2.27. The van der Waals surface area contributed by atoms with E-state index in [0.717, 1.165) is 19.3 Å². The molecule has 1 unspecified atom stereocenters. The Labute approximate surface area is 83.3 Å². The van der Waals surface area contributed by atoms with Crippen LogP contribution in [-0.2, 0) is 0 Å². The molecule has 0 radical (unpaired) electrons. The zero-order chi connectivity index (χ0) is 9.80. The number of nitrogens with zero attached hydrogens (tertiary/aromatic N) is 2. The van der Waals surface area contributed by atoms with Crippen LogP contribution in [0.2, 0.25) is 0 Å². The standard InChI is InChI=1S/C10H14N4/c11-8-6-12-10(13-7-8)14-9-4-2-1-3-5-9/h1-2,6-7,9H,3-5,11H2,(H,12,13,14). The van der Waals surface area contributed by atoms with E-state index < -0.39 is 0 Å². The van der Waals surface area contributed by atoms with E-state index in [1.807, 2.05) is 0 Å². The Morgan fingerprint density at radius 3 is 2.71 bits per heavy atom. The second-order valence-corrected chi connectivity index (χ2v) is 3.47. The largest absolute Gasteiger partial charge is 0.396 e. The van der Waals surface area contributed by atoms with Crippen molar-refractivity contribution in [2.24, 2.45) is 0 Å². The lowest BCUT2D eigenvalue weighted by molar-refractivity contribution is 0.639. The first-order valence-corrected chi connectivity index (χ1v) is 4.83. The van der Waals surface area contributed by atoms with Gasteiger partial charge in [0.2, 0.25) is 5.95 Å². The molecule has 0 fully saturated rings. The Balaban J connectivity index is 1.96. The molecule has 4 nitrogen and oxygen atoms in total. The van der Waals surface area contributed by atoms with Crippen molar-refractivity contribution < 1.29 is 0 Å². The molecular weight excluding hydrogens is 176 g/mol. The number of rotatable bonds is 2. The number of allylic oxidation sites excluding steroid dienone is 1. The average Bonchev–Trinajstić information content (AvgIpc) is 2.23. The molecule has 1 heterocycles. The van der Waals surface area contributed by atoms with Crippen molar-refractivity contribution in [2.75, 3.05) is 11.1 Å². The number of hydrogen-bond acceptors (Lipinski definition) is 4. The molecule has 4 heteroatoms. The highest BCUT2D eigenvalue weighted by Crippen LogP contribution is 2.14. The summed E-state index contributed by atoms with van der Waals surface area (Å²) < 4.78 is 0. The van der Waals surface area contributed by atoms with Crippen LogP contribution in [0.3, 0.4) is 0 Å². The molecule has 0 aliphatic heterocycles. The lowest BCUT2D eigenvalue weighted by Crippen LogP contribution is -2.21. The van der Waals surface area contributed by atoms with Gasteiger partial charge in [-0.15, -0.1) is 0 Å². The molecule has 0 bridgehead atoms. The van der Waals surface area contributed by atoms with E-state index >= 15 is 0 Å². The Hall–Kier alpha value is -1.58. The first-order valence-electron chi connectivity index (χ1n) is 4.83. The topological polar surface area (TPSA) is 63.8 Å². The molecule has 2 rings (SSSR count). The highest BCUT2D eigenvalue weighted by molar-refractivity contribution is 5.36. The van der Waals surface area contributed by atoms with Gasteiger partial charge in [0.25, 0.3) is 0 Å². The van der Waals surface area contributed by atoms with Crippen LogP contribution in [0.4, 0.5) is 11.6 Å². The zero-order valence-electron chi connectivity index (χ0n) is 7.98. The van der Waals surface area contributed by atoms with Gasteiger partial charge in [-0.05, 0) is 19.3 Å². The van der Waals surface area contributed by atoms with Crippen LogP contribution in [-0.4, -0.2) is 16.0 Å². The summed E-state index contributed by atoms with van der Waals surface area (Å²) in [7, 11) is 0. The van der Waals surface area contributed by atoms with Gasteiger partial charge in [0, 0.05) is 6.04 Å². The van der Waals surface area contributed by atoms with Gasteiger partial charge in [-0.25, -0.2) is 9.97 Å². The molecule has 1 aliphatic rings. The van der Waals surface area contributed by atoms with Crippen LogP contribution in [0.1, 0.15) is 19.3 Å². The van der Waals surface area contributed by atoms with Crippen LogP contribution in [0, 0.1) is 0 Å². The van der Waals surface area contributed by atoms with Gasteiger partial charge < -0.3 is 11.1 Å². The Morgan fingerprint density at radius 2 is 2.07 bits per heavy atom. The Bertz CT molecular complexity index is 317. The van der Waals surface area contributed by atoms with Crippen LogP contribution in [0.15, 0.2) is 24.5 Å². The summed E-state index contributed by atoms with van der Waals surface area (Å²) in [4.78, 5) is 8.20. The van der Waals surface area contributed by atoms with Gasteiger partial charge in [0.05, 0.1) is 18.1 Å². The predicted octanol–water partition coefficient (Wildman–Crippen LogP) is 1.58. The monoisotopic (exact) mass is 190 g/mol. The molecule has 1 aromatic rings. The zero-order valence-corrected chi connectivity index (χ0v) is 7.98. The van der Waals surface area contributed by atoms with Crippen molar-refractivity contribution in [2.45, 2.75) is 25.3 Å². The van der Waals surface area contributed by atoms with Crippen LogP contribution < -0.4 is 11.1 Å². The minimum absolute atomic E-state index is 0.462. The number of nitrogen functional groups attached to an aromatic ring is 1. The minimum atomic E-state index is 0.462. The smallest absolute Gasteiger partial charge is 0.222 e. The van der Waals surface area contributed by atoms with E-state index in [1.54, 1.807) is 12.4 Å². The van der Waals surface area contributed by atoms with Crippen molar-refractivity contribution in [3.05, 3.63) is 24.5 Å². The van der Waals surface area contributed by atoms with E-state index in [1.165, 1.54) is 0 Å². The molecule has 0 aromatic carbocycles. The normalized spacial score (nSPS) is 20.7. The van der Waals surface area contributed by atoms with Crippen LogP contribution in [0.5, 0.6) is 0 Å². The lowest BCUT2D eigenvalue weighted by atomic mass is 10.0. The summed E-state index contributed by atoms with van der Waals surface area (Å²) >= 11 is 0. The van der Waals surface area contributed by atoms with Gasteiger partial charge in [-0.2, -0.15) is 0 Å². The highest BCUT2D eigenvalue weighted by Gasteiger charge is 2.09. The quantitative estimate of drug-likeness (QED) is 0.695. The molecule has 74 valence electrons. The Kier molecular flexibility index (Phi) is 2.62. The SMILES string of the molecule is Nc1cnc(NC2CC=CCC2)nc1. The first kappa shape index (κ1) is 8.99. The molecular formula is C10H14N4. The van der Waals surface area contributed by atoms with Gasteiger partial charge in [0.1, 0.15) is 0 Å². The molecule has 0 saturated carbocycles. The van der Waals surface area contributed by atoms with Gasteiger partial charge in [-0.3, -0.25) is 0 Å². The molecule has 1 aliphatic carbocycles. The average molecular weight is 190 g/mol. The van der Waals surface area contributed by atoms with E-state index in [2.05, 4.69) is 27.4 Å². The van der Waals surface area contributed by atoms with Crippen molar-refractivity contribution in [1.82, 2.24) is 9.97 Å². The molecule has 1 atom stereocenters. The van der Waals surface area contributed by atoms with Crippen molar-refractivity contribution >= 4 is 11.6 Å². The van der Waals surface area contributed by atoms with Crippen LogP contribution in [0.25, 0.3) is 0 Å². The molecule has 0 saturated heterocycles. The highest BCUT2D eigenvalue weighted by atomic mass is 15.1. The minimum Gasteiger partial charge on any atom is -0.396 e. The fourth-order valence-corrected chi connectivity index (χ4v) is 1.52. The summed E-state index contributed by atoms with van der Waals surface area (Å²) in [6.45, 7) is 0. The summed E-state index contributed by atoms with van der Waals surface area (Å²) in [6.07, 6.45) is 11.0. The van der Waals surface area contributed by atoms with E-state index in [0.29, 0.717) is 17.7 Å².